The van der Waals surface area contributed by atoms with Gasteiger partial charge in [-0.25, -0.2) is 0 Å². The first-order valence-corrected chi connectivity index (χ1v) is 9.58. The first-order chi connectivity index (χ1) is 12.6. The van der Waals surface area contributed by atoms with Crippen LogP contribution in [0.2, 0.25) is 0 Å². The standard InChI is InChI=1S/C20H32N4O2/c1-3-5-15-8-10-17(11-9-15)24-20(22-2)23-13-16-6-4-7-18(12-16)26-14-19(21)25/h4,6-7,12,15,17H,3,5,8-11,13-14H2,1-2H3,(H2,21,25)(H2,22,23,24). The molecular formula is C20H32N4O2. The van der Waals surface area contributed by atoms with Crippen LogP contribution >= 0.6 is 0 Å². The first-order valence-electron chi connectivity index (χ1n) is 9.58. The van der Waals surface area contributed by atoms with Gasteiger partial charge in [-0.05, 0) is 49.3 Å². The lowest BCUT2D eigenvalue weighted by molar-refractivity contribution is -0.119. The monoisotopic (exact) mass is 360 g/mol. The molecule has 0 aromatic heterocycles. The van der Waals surface area contributed by atoms with Gasteiger partial charge in [-0.1, -0.05) is 31.9 Å². The highest BCUT2D eigenvalue weighted by Gasteiger charge is 2.21. The number of carbonyl (C=O) groups is 1. The van der Waals surface area contributed by atoms with Crippen molar-refractivity contribution in [3.63, 3.8) is 0 Å². The van der Waals surface area contributed by atoms with Gasteiger partial charge >= 0.3 is 0 Å². The summed E-state index contributed by atoms with van der Waals surface area (Å²) < 4.78 is 5.34. The van der Waals surface area contributed by atoms with Crippen molar-refractivity contribution >= 4 is 11.9 Å². The van der Waals surface area contributed by atoms with Crippen LogP contribution in [0.5, 0.6) is 5.75 Å². The highest BCUT2D eigenvalue weighted by atomic mass is 16.5. The molecule has 144 valence electrons. The van der Waals surface area contributed by atoms with Crippen LogP contribution in [-0.2, 0) is 11.3 Å². The molecule has 0 aliphatic heterocycles. The van der Waals surface area contributed by atoms with Crippen molar-refractivity contribution in [2.45, 2.75) is 58.0 Å². The minimum atomic E-state index is -0.480. The van der Waals surface area contributed by atoms with E-state index in [0.29, 0.717) is 18.3 Å². The van der Waals surface area contributed by atoms with E-state index in [1.807, 2.05) is 24.3 Å². The van der Waals surface area contributed by atoms with E-state index in [1.54, 1.807) is 7.05 Å². The minimum absolute atomic E-state index is 0.110. The minimum Gasteiger partial charge on any atom is -0.484 e. The van der Waals surface area contributed by atoms with Crippen molar-refractivity contribution in [3.8, 4) is 5.75 Å². The topological polar surface area (TPSA) is 88.7 Å². The fourth-order valence-electron chi connectivity index (χ4n) is 3.48. The number of rotatable bonds is 8. The Hall–Kier alpha value is -2.24. The molecule has 0 spiro atoms. The number of guanidine groups is 1. The number of primary amides is 1. The summed E-state index contributed by atoms with van der Waals surface area (Å²) in [5.74, 6) is 1.88. The van der Waals surface area contributed by atoms with Gasteiger partial charge in [0.2, 0.25) is 0 Å². The summed E-state index contributed by atoms with van der Waals surface area (Å²) in [6.45, 7) is 2.80. The second kappa shape index (κ2) is 10.7. The van der Waals surface area contributed by atoms with Gasteiger partial charge in [-0.2, -0.15) is 0 Å². The Bertz CT molecular complexity index is 595. The molecule has 0 unspecified atom stereocenters. The number of benzene rings is 1. The summed E-state index contributed by atoms with van der Waals surface area (Å²) in [5.41, 5.74) is 6.17. The van der Waals surface area contributed by atoms with Crippen molar-refractivity contribution < 1.29 is 9.53 Å². The normalized spacial score (nSPS) is 20.5. The number of carbonyl (C=O) groups excluding carboxylic acids is 1. The SMILES string of the molecule is CCCC1CCC(NC(=NC)NCc2cccc(OCC(N)=O)c2)CC1. The van der Waals surface area contributed by atoms with Crippen molar-refractivity contribution in [1.29, 1.82) is 0 Å². The van der Waals surface area contributed by atoms with Crippen molar-refractivity contribution in [3.05, 3.63) is 29.8 Å². The summed E-state index contributed by atoms with van der Waals surface area (Å²) >= 11 is 0. The van der Waals surface area contributed by atoms with Crippen LogP contribution in [0.1, 0.15) is 51.0 Å². The Morgan fingerprint density at radius 3 is 2.73 bits per heavy atom. The quantitative estimate of drug-likeness (QED) is 0.491. The lowest BCUT2D eigenvalue weighted by atomic mass is 9.83. The Balaban J connectivity index is 1.78. The van der Waals surface area contributed by atoms with Crippen LogP contribution < -0.4 is 21.1 Å². The molecule has 1 aromatic rings. The van der Waals surface area contributed by atoms with E-state index in [2.05, 4.69) is 22.5 Å². The van der Waals surface area contributed by atoms with E-state index in [9.17, 15) is 4.79 Å². The van der Waals surface area contributed by atoms with Gasteiger partial charge in [0.05, 0.1) is 0 Å². The molecule has 6 heteroatoms. The lowest BCUT2D eigenvalue weighted by Gasteiger charge is -2.30. The van der Waals surface area contributed by atoms with Crippen LogP contribution in [0.15, 0.2) is 29.3 Å². The Labute approximate surface area is 156 Å². The molecular weight excluding hydrogens is 328 g/mol. The van der Waals surface area contributed by atoms with Gasteiger partial charge in [0.25, 0.3) is 5.91 Å². The zero-order valence-electron chi connectivity index (χ0n) is 16.0. The number of aliphatic imine (C=N–C) groups is 1. The molecule has 6 nitrogen and oxygen atoms in total. The largest absolute Gasteiger partial charge is 0.484 e. The number of nitrogens with two attached hydrogens (primary N) is 1. The summed E-state index contributed by atoms with van der Waals surface area (Å²) in [6.07, 6.45) is 7.68. The van der Waals surface area contributed by atoms with E-state index in [4.69, 9.17) is 10.5 Å². The zero-order chi connectivity index (χ0) is 18.8. The third kappa shape index (κ3) is 6.94. The molecule has 1 aromatic carbocycles. The molecule has 4 N–H and O–H groups in total. The summed E-state index contributed by atoms with van der Waals surface area (Å²) in [4.78, 5) is 15.2. The van der Waals surface area contributed by atoms with Crippen LogP contribution in [-0.4, -0.2) is 31.6 Å². The number of ether oxygens (including phenoxy) is 1. The Morgan fingerprint density at radius 2 is 2.08 bits per heavy atom. The average molecular weight is 361 g/mol. The van der Waals surface area contributed by atoms with Crippen LogP contribution in [0.25, 0.3) is 0 Å². The smallest absolute Gasteiger partial charge is 0.255 e. The summed E-state index contributed by atoms with van der Waals surface area (Å²) in [7, 11) is 1.80. The number of hydrogen-bond acceptors (Lipinski definition) is 3. The third-order valence-electron chi connectivity index (χ3n) is 4.85. The van der Waals surface area contributed by atoms with Crippen molar-refractivity contribution in [2.24, 2.45) is 16.6 Å². The molecule has 2 rings (SSSR count). The Morgan fingerprint density at radius 1 is 1.31 bits per heavy atom. The third-order valence-corrected chi connectivity index (χ3v) is 4.85. The van der Waals surface area contributed by atoms with Gasteiger partial charge in [0.1, 0.15) is 5.75 Å². The molecule has 1 aliphatic rings. The van der Waals surface area contributed by atoms with Gasteiger partial charge in [-0.15, -0.1) is 0 Å². The van der Waals surface area contributed by atoms with Crippen molar-refractivity contribution in [1.82, 2.24) is 10.6 Å². The second-order valence-electron chi connectivity index (χ2n) is 6.98. The predicted octanol–water partition coefficient (Wildman–Crippen LogP) is 2.57. The fraction of sp³-hybridized carbons (Fsp3) is 0.600. The van der Waals surface area contributed by atoms with Gasteiger partial charge in [0, 0.05) is 19.6 Å². The second-order valence-corrected chi connectivity index (χ2v) is 6.98. The molecule has 1 amide bonds. The van der Waals surface area contributed by atoms with E-state index < -0.39 is 5.91 Å². The number of nitrogens with one attached hydrogen (secondary N) is 2. The van der Waals surface area contributed by atoms with E-state index in [1.165, 1.54) is 38.5 Å². The van der Waals surface area contributed by atoms with Crippen molar-refractivity contribution in [2.75, 3.05) is 13.7 Å². The number of nitrogens with zero attached hydrogens (tertiary/aromatic N) is 1. The summed E-state index contributed by atoms with van der Waals surface area (Å²) in [6, 6.07) is 8.12. The van der Waals surface area contributed by atoms with Gasteiger partial charge < -0.3 is 21.1 Å². The average Bonchev–Trinajstić information content (AvgIpc) is 2.65. The maximum atomic E-state index is 10.8. The molecule has 1 aliphatic carbocycles. The molecule has 1 fully saturated rings. The number of hydrogen-bond donors (Lipinski definition) is 3. The highest BCUT2D eigenvalue weighted by Crippen LogP contribution is 2.27. The van der Waals surface area contributed by atoms with Gasteiger partial charge in [-0.3, -0.25) is 9.79 Å². The molecule has 0 heterocycles. The van der Waals surface area contributed by atoms with E-state index in [0.717, 1.165) is 17.4 Å². The predicted molar refractivity (Wildman–Crippen MR) is 105 cm³/mol. The van der Waals surface area contributed by atoms with E-state index >= 15 is 0 Å². The lowest BCUT2D eigenvalue weighted by Crippen LogP contribution is -2.44. The fourth-order valence-corrected chi connectivity index (χ4v) is 3.48. The molecule has 0 saturated heterocycles. The summed E-state index contributed by atoms with van der Waals surface area (Å²) in [5, 5.41) is 6.89. The van der Waals surface area contributed by atoms with E-state index in [-0.39, 0.29) is 6.61 Å². The van der Waals surface area contributed by atoms with Crippen LogP contribution in [0.3, 0.4) is 0 Å². The Kier molecular flexibility index (Phi) is 8.25. The number of amides is 1. The van der Waals surface area contributed by atoms with Gasteiger partial charge in [0.15, 0.2) is 12.6 Å². The first kappa shape index (κ1) is 20.1. The molecule has 0 bridgehead atoms. The van der Waals surface area contributed by atoms with Crippen LogP contribution in [0.4, 0.5) is 0 Å². The highest BCUT2D eigenvalue weighted by molar-refractivity contribution is 5.80. The molecule has 0 radical (unpaired) electrons. The maximum Gasteiger partial charge on any atom is 0.255 e. The molecule has 0 atom stereocenters. The van der Waals surface area contributed by atoms with Crippen LogP contribution in [0, 0.1) is 5.92 Å². The molecule has 26 heavy (non-hydrogen) atoms. The molecule has 1 saturated carbocycles. The zero-order valence-corrected chi connectivity index (χ0v) is 16.0. The maximum absolute atomic E-state index is 10.8.